The summed E-state index contributed by atoms with van der Waals surface area (Å²) in [5, 5.41) is 6.19. The summed E-state index contributed by atoms with van der Waals surface area (Å²) in [6, 6.07) is 19.7. The van der Waals surface area contributed by atoms with E-state index in [-0.39, 0.29) is 5.91 Å². The molecule has 3 aromatic rings. The lowest BCUT2D eigenvalue weighted by molar-refractivity contribution is -0.115. The van der Waals surface area contributed by atoms with Crippen molar-refractivity contribution >= 4 is 17.4 Å². The van der Waals surface area contributed by atoms with E-state index in [1.165, 1.54) is 5.56 Å². The molecule has 5 heteroatoms. The van der Waals surface area contributed by atoms with Gasteiger partial charge in [-0.15, -0.1) is 0 Å². The lowest BCUT2D eigenvalue weighted by atomic mass is 10.1. The molecule has 3 rings (SSSR count). The fourth-order valence-corrected chi connectivity index (χ4v) is 2.89. The second-order valence-corrected chi connectivity index (χ2v) is 6.61. The van der Waals surface area contributed by atoms with Crippen molar-refractivity contribution < 1.29 is 9.53 Å². The molecule has 0 radical (unpaired) electrons. The van der Waals surface area contributed by atoms with Crippen molar-refractivity contribution in [1.82, 2.24) is 4.98 Å². The summed E-state index contributed by atoms with van der Waals surface area (Å²) in [4.78, 5) is 16.6. The first-order valence-corrected chi connectivity index (χ1v) is 9.31. The molecule has 0 aliphatic rings. The topological polar surface area (TPSA) is 63.2 Å². The number of carbonyl (C=O) groups excluding carboxylic acids is 1. The van der Waals surface area contributed by atoms with Gasteiger partial charge in [0, 0.05) is 6.54 Å². The van der Waals surface area contributed by atoms with Crippen molar-refractivity contribution in [3.05, 3.63) is 83.6 Å². The molecule has 28 heavy (non-hydrogen) atoms. The van der Waals surface area contributed by atoms with Crippen LogP contribution in [0.1, 0.15) is 16.7 Å². The van der Waals surface area contributed by atoms with Gasteiger partial charge in [-0.25, -0.2) is 4.98 Å². The Labute approximate surface area is 165 Å². The predicted octanol–water partition coefficient (Wildman–Crippen LogP) is 4.23. The van der Waals surface area contributed by atoms with Gasteiger partial charge in [-0.3, -0.25) is 4.79 Å². The zero-order chi connectivity index (χ0) is 19.8. The van der Waals surface area contributed by atoms with Crippen LogP contribution in [0.15, 0.2) is 66.9 Å². The van der Waals surface area contributed by atoms with Crippen LogP contribution in [0.2, 0.25) is 0 Å². The molecule has 0 aliphatic carbocycles. The fourth-order valence-electron chi connectivity index (χ4n) is 2.89. The van der Waals surface area contributed by atoms with E-state index in [0.29, 0.717) is 12.1 Å². The maximum absolute atomic E-state index is 12.2. The van der Waals surface area contributed by atoms with Gasteiger partial charge in [-0.05, 0) is 54.3 Å². The number of benzene rings is 2. The number of carbonyl (C=O) groups is 1. The van der Waals surface area contributed by atoms with Crippen LogP contribution in [0, 0.1) is 6.92 Å². The summed E-state index contributed by atoms with van der Waals surface area (Å²) in [5.41, 5.74) is 4.07. The number of anilines is 2. The molecule has 2 aromatic carbocycles. The van der Waals surface area contributed by atoms with Crippen molar-refractivity contribution in [3.8, 4) is 5.75 Å². The number of nitrogens with one attached hydrogen (secondary N) is 2. The summed E-state index contributed by atoms with van der Waals surface area (Å²) in [6.07, 6.45) is 2.92. The number of methoxy groups -OCH3 is 1. The van der Waals surface area contributed by atoms with Gasteiger partial charge in [0.1, 0.15) is 11.6 Å². The van der Waals surface area contributed by atoms with Crippen molar-refractivity contribution in [1.29, 1.82) is 0 Å². The molecule has 2 N–H and O–H groups in total. The second kappa shape index (κ2) is 9.55. The van der Waals surface area contributed by atoms with Gasteiger partial charge in [0.2, 0.25) is 5.91 Å². The van der Waals surface area contributed by atoms with Crippen molar-refractivity contribution in [2.24, 2.45) is 0 Å². The number of rotatable bonds is 8. The third kappa shape index (κ3) is 5.58. The molecule has 0 aliphatic heterocycles. The molecule has 0 fully saturated rings. The van der Waals surface area contributed by atoms with Crippen LogP contribution >= 0.6 is 0 Å². The predicted molar refractivity (Wildman–Crippen MR) is 113 cm³/mol. The van der Waals surface area contributed by atoms with E-state index in [1.807, 2.05) is 55.5 Å². The summed E-state index contributed by atoms with van der Waals surface area (Å²) in [6.45, 7) is 2.79. The highest BCUT2D eigenvalue weighted by atomic mass is 16.5. The average molecular weight is 375 g/mol. The van der Waals surface area contributed by atoms with Crippen molar-refractivity contribution in [3.63, 3.8) is 0 Å². The Morgan fingerprint density at radius 1 is 1.04 bits per heavy atom. The van der Waals surface area contributed by atoms with Gasteiger partial charge in [-0.1, -0.05) is 36.4 Å². The number of aryl methyl sites for hydroxylation is 1. The van der Waals surface area contributed by atoms with Crippen LogP contribution < -0.4 is 15.4 Å². The van der Waals surface area contributed by atoms with Gasteiger partial charge in [-0.2, -0.15) is 0 Å². The van der Waals surface area contributed by atoms with E-state index in [2.05, 4.69) is 27.8 Å². The number of amides is 1. The summed E-state index contributed by atoms with van der Waals surface area (Å²) in [7, 11) is 1.66. The molecule has 0 spiro atoms. The van der Waals surface area contributed by atoms with Crippen LogP contribution in [0.25, 0.3) is 0 Å². The Morgan fingerprint density at radius 2 is 1.82 bits per heavy atom. The number of pyridine rings is 1. The van der Waals surface area contributed by atoms with Gasteiger partial charge in [0.05, 0.1) is 25.4 Å². The third-order valence-corrected chi connectivity index (χ3v) is 4.54. The number of hydrogen-bond acceptors (Lipinski definition) is 4. The molecular formula is C23H25N3O2. The number of ether oxygens (including phenoxy) is 1. The molecule has 0 saturated heterocycles. The lowest BCUT2D eigenvalue weighted by Crippen LogP contribution is -2.15. The first-order valence-electron chi connectivity index (χ1n) is 9.31. The number of hydrogen-bond donors (Lipinski definition) is 2. The first kappa shape index (κ1) is 19.4. The van der Waals surface area contributed by atoms with E-state index in [0.717, 1.165) is 35.7 Å². The Kier molecular flexibility index (Phi) is 6.63. The number of aromatic nitrogens is 1. The SMILES string of the molecule is COc1ccc(CCNc2ccc(NC(=O)Cc3ccccc3C)cn2)cc1. The molecule has 5 nitrogen and oxygen atoms in total. The molecule has 144 valence electrons. The largest absolute Gasteiger partial charge is 0.497 e. The molecular weight excluding hydrogens is 350 g/mol. The first-order chi connectivity index (χ1) is 13.6. The van der Waals surface area contributed by atoms with E-state index < -0.39 is 0 Å². The van der Waals surface area contributed by atoms with Crippen molar-refractivity contribution in [2.75, 3.05) is 24.3 Å². The van der Waals surface area contributed by atoms with Crippen LogP contribution in [0.3, 0.4) is 0 Å². The maximum atomic E-state index is 12.2. The molecule has 1 heterocycles. The zero-order valence-corrected chi connectivity index (χ0v) is 16.2. The highest BCUT2D eigenvalue weighted by molar-refractivity contribution is 5.92. The molecule has 0 bridgehead atoms. The molecule has 0 atom stereocenters. The Bertz CT molecular complexity index is 906. The quantitative estimate of drug-likeness (QED) is 0.618. The van der Waals surface area contributed by atoms with Gasteiger partial charge < -0.3 is 15.4 Å². The minimum absolute atomic E-state index is 0.0451. The van der Waals surface area contributed by atoms with E-state index >= 15 is 0 Å². The van der Waals surface area contributed by atoms with Gasteiger partial charge in [0.25, 0.3) is 0 Å². The number of nitrogens with zero attached hydrogens (tertiary/aromatic N) is 1. The minimum Gasteiger partial charge on any atom is -0.497 e. The van der Waals surface area contributed by atoms with Crippen LogP contribution in [-0.2, 0) is 17.6 Å². The molecule has 1 aromatic heterocycles. The van der Waals surface area contributed by atoms with Crippen molar-refractivity contribution in [2.45, 2.75) is 19.8 Å². The highest BCUT2D eigenvalue weighted by Crippen LogP contribution is 2.14. The zero-order valence-electron chi connectivity index (χ0n) is 16.2. The molecule has 0 unspecified atom stereocenters. The average Bonchev–Trinajstić information content (AvgIpc) is 2.71. The Balaban J connectivity index is 1.46. The lowest BCUT2D eigenvalue weighted by Gasteiger charge is -2.09. The normalized spacial score (nSPS) is 10.4. The Morgan fingerprint density at radius 3 is 2.50 bits per heavy atom. The maximum Gasteiger partial charge on any atom is 0.228 e. The van der Waals surface area contributed by atoms with Gasteiger partial charge >= 0.3 is 0 Å². The molecule has 1 amide bonds. The summed E-state index contributed by atoms with van der Waals surface area (Å²) >= 11 is 0. The standard InChI is InChI=1S/C23H25N3O2/c1-17-5-3-4-6-19(17)15-23(27)26-20-9-12-22(25-16-20)24-14-13-18-7-10-21(28-2)11-8-18/h3-12,16H,13-15H2,1-2H3,(H,24,25)(H,26,27). The van der Waals surface area contributed by atoms with Crippen LogP contribution in [0.4, 0.5) is 11.5 Å². The Hall–Kier alpha value is -3.34. The van der Waals surface area contributed by atoms with E-state index in [4.69, 9.17) is 4.74 Å². The van der Waals surface area contributed by atoms with E-state index in [1.54, 1.807) is 13.3 Å². The van der Waals surface area contributed by atoms with E-state index in [9.17, 15) is 4.79 Å². The van der Waals surface area contributed by atoms with Gasteiger partial charge in [0.15, 0.2) is 0 Å². The summed E-state index contributed by atoms with van der Waals surface area (Å²) < 4.78 is 5.16. The highest BCUT2D eigenvalue weighted by Gasteiger charge is 2.06. The minimum atomic E-state index is -0.0451. The third-order valence-electron chi connectivity index (χ3n) is 4.54. The van der Waals surface area contributed by atoms with Crippen LogP contribution in [-0.4, -0.2) is 24.5 Å². The summed E-state index contributed by atoms with van der Waals surface area (Å²) in [5.74, 6) is 1.60. The van der Waals surface area contributed by atoms with Crippen LogP contribution in [0.5, 0.6) is 5.75 Å². The fraction of sp³-hybridized carbons (Fsp3) is 0.217. The smallest absolute Gasteiger partial charge is 0.228 e. The monoisotopic (exact) mass is 375 g/mol. The second-order valence-electron chi connectivity index (χ2n) is 6.61. The molecule has 0 saturated carbocycles.